The van der Waals surface area contributed by atoms with Crippen LogP contribution in [-0.4, -0.2) is 80.6 Å². The maximum absolute atomic E-state index is 12.8. The van der Waals surface area contributed by atoms with E-state index in [4.69, 9.17) is 14.2 Å². The monoisotopic (exact) mass is 919 g/mol. The third kappa shape index (κ3) is 45.2. The van der Waals surface area contributed by atoms with Gasteiger partial charge in [-0.15, -0.1) is 0 Å². The molecular weight excluding hydrogens is 823 g/mol. The highest BCUT2D eigenvalue weighted by Gasteiger charge is 2.31. The summed E-state index contributed by atoms with van der Waals surface area (Å²) in [5.74, 6) is -1.52. The van der Waals surface area contributed by atoms with Crippen LogP contribution in [0.15, 0.2) is 109 Å². The van der Waals surface area contributed by atoms with E-state index in [1.165, 1.54) is 38.5 Å². The van der Waals surface area contributed by atoms with Crippen molar-refractivity contribution in [3.63, 3.8) is 0 Å². The van der Waals surface area contributed by atoms with Crippen molar-refractivity contribution in [1.82, 2.24) is 0 Å². The first-order valence-electron chi connectivity index (χ1n) is 25.9. The summed E-state index contributed by atoms with van der Waals surface area (Å²) in [6.45, 7) is 4.47. The van der Waals surface area contributed by atoms with E-state index in [-0.39, 0.29) is 36.2 Å². The minimum atomic E-state index is -0.884. The molecule has 66 heavy (non-hydrogen) atoms. The predicted molar refractivity (Wildman–Crippen MR) is 279 cm³/mol. The molecule has 8 heteroatoms. The van der Waals surface area contributed by atoms with Crippen LogP contribution >= 0.6 is 0 Å². The summed E-state index contributed by atoms with van der Waals surface area (Å²) in [6.07, 6.45) is 65.6. The molecule has 1 N–H and O–H groups in total. The molecule has 0 aromatic carbocycles. The molecule has 0 saturated carbocycles. The number of carbonyl (C=O) groups is 3. The number of unbranched alkanes of at least 4 members (excludes halogenated alkanes) is 13. The molecular formula is C58H96NO7+. The van der Waals surface area contributed by atoms with Gasteiger partial charge < -0.3 is 23.8 Å². The Kier molecular flexibility index (Phi) is 44.6. The van der Waals surface area contributed by atoms with Gasteiger partial charge in [0.25, 0.3) is 0 Å². The summed E-state index contributed by atoms with van der Waals surface area (Å²) in [5.41, 5.74) is 0. The SMILES string of the molecule is CC/C=C/C/C=C/C/C=C/C/C=C/C/C=C/CCCCCCC(=O)OC(COCCC(C(=O)O)[N+](C)(C)C)COC(=O)CCCCCCCCCCC/C=C/C/C=C/C/C=C/C/C=C/CC. The van der Waals surface area contributed by atoms with Gasteiger partial charge in [-0.05, 0) is 96.3 Å². The Hall–Kier alpha value is -4.01. The number of carboxylic acids is 1. The molecule has 0 heterocycles. The number of esters is 2. The summed E-state index contributed by atoms with van der Waals surface area (Å²) < 4.78 is 17.3. The van der Waals surface area contributed by atoms with Gasteiger partial charge in [0.2, 0.25) is 0 Å². The van der Waals surface area contributed by atoms with Crippen LogP contribution in [0.5, 0.6) is 0 Å². The molecule has 0 fully saturated rings. The Bertz CT molecular complexity index is 1440. The largest absolute Gasteiger partial charge is 0.477 e. The molecule has 2 atom stereocenters. The van der Waals surface area contributed by atoms with Crippen LogP contribution < -0.4 is 0 Å². The second-order valence-corrected chi connectivity index (χ2v) is 18.0. The quantitative estimate of drug-likeness (QED) is 0.0281. The molecule has 0 saturated heterocycles. The average molecular weight is 919 g/mol. The van der Waals surface area contributed by atoms with E-state index in [0.717, 1.165) is 116 Å². The molecule has 2 unspecified atom stereocenters. The number of carbonyl (C=O) groups excluding carboxylic acids is 2. The van der Waals surface area contributed by atoms with Crippen LogP contribution in [-0.2, 0) is 28.6 Å². The number of hydrogen-bond donors (Lipinski definition) is 1. The van der Waals surface area contributed by atoms with Gasteiger partial charge in [0.1, 0.15) is 6.61 Å². The van der Waals surface area contributed by atoms with Gasteiger partial charge in [-0.2, -0.15) is 0 Å². The minimum Gasteiger partial charge on any atom is -0.477 e. The number of hydrogen-bond acceptors (Lipinski definition) is 6. The summed E-state index contributed by atoms with van der Waals surface area (Å²) in [7, 11) is 5.51. The number of aliphatic carboxylic acids is 1. The smallest absolute Gasteiger partial charge is 0.362 e. The van der Waals surface area contributed by atoms with E-state index < -0.39 is 18.1 Å². The molecule has 0 spiro atoms. The van der Waals surface area contributed by atoms with Crippen molar-refractivity contribution in [2.45, 2.75) is 199 Å². The number of likely N-dealkylation sites (N-methyl/N-ethyl adjacent to an activating group) is 1. The maximum Gasteiger partial charge on any atom is 0.362 e. The molecule has 8 nitrogen and oxygen atoms in total. The van der Waals surface area contributed by atoms with Crippen LogP contribution in [0, 0.1) is 0 Å². The Labute approximate surface area is 404 Å². The molecule has 0 rings (SSSR count). The first-order chi connectivity index (χ1) is 32.1. The Balaban J connectivity index is 4.32. The van der Waals surface area contributed by atoms with Gasteiger partial charge in [-0.3, -0.25) is 9.59 Å². The molecule has 0 aromatic heterocycles. The van der Waals surface area contributed by atoms with Crippen molar-refractivity contribution in [3.8, 4) is 0 Å². The number of quaternary nitrogens is 1. The van der Waals surface area contributed by atoms with Crippen molar-refractivity contribution in [1.29, 1.82) is 0 Å². The fourth-order valence-corrected chi connectivity index (χ4v) is 6.99. The Morgan fingerprint density at radius 3 is 1.18 bits per heavy atom. The molecule has 0 aliphatic carbocycles. The number of rotatable bonds is 45. The first-order valence-corrected chi connectivity index (χ1v) is 25.9. The standard InChI is InChI=1S/C58H95NO7/c1-6-8-10-12-14-16-18-20-22-24-26-28-29-31-32-34-36-38-40-42-44-46-48-56(60)65-53-54(52-64-51-50-55(58(62)63)59(3,4)5)66-57(61)49-47-45-43-41-39-37-35-33-30-27-25-23-21-19-17-15-13-11-9-7-2/h8-11,14-17,20-23,26-28,30,35,37,54-55H,6-7,12-13,18-19,24-25,29,31-34,36,38-53H2,1-5H3/p+1/b10-8+,11-9+,16-14+,17-15+,22-20+,23-21+,28-26+,30-27+,37-35+. The Morgan fingerprint density at radius 1 is 0.455 bits per heavy atom. The highest BCUT2D eigenvalue weighted by Crippen LogP contribution is 2.14. The van der Waals surface area contributed by atoms with E-state index in [0.29, 0.717) is 19.3 Å². The summed E-state index contributed by atoms with van der Waals surface area (Å²) in [5, 5.41) is 9.66. The summed E-state index contributed by atoms with van der Waals surface area (Å²) >= 11 is 0. The third-order valence-corrected chi connectivity index (χ3v) is 10.9. The minimum absolute atomic E-state index is 0.0418. The van der Waals surface area contributed by atoms with Gasteiger partial charge in [-0.1, -0.05) is 181 Å². The van der Waals surface area contributed by atoms with Crippen molar-refractivity contribution in [2.24, 2.45) is 0 Å². The normalized spacial score (nSPS) is 13.8. The fraction of sp³-hybridized carbons (Fsp3) is 0.638. The van der Waals surface area contributed by atoms with Crippen LogP contribution in [0.4, 0.5) is 0 Å². The topological polar surface area (TPSA) is 99.1 Å². The zero-order valence-corrected chi connectivity index (χ0v) is 42.6. The number of allylic oxidation sites excluding steroid dienone is 18. The fourth-order valence-electron chi connectivity index (χ4n) is 6.99. The number of nitrogens with zero attached hydrogens (tertiary/aromatic N) is 1. The summed E-state index contributed by atoms with van der Waals surface area (Å²) in [4.78, 5) is 37.2. The number of carboxylic acid groups (broad SMARTS) is 1. The van der Waals surface area contributed by atoms with E-state index >= 15 is 0 Å². The van der Waals surface area contributed by atoms with E-state index in [1.807, 2.05) is 21.1 Å². The lowest BCUT2D eigenvalue weighted by Crippen LogP contribution is -2.50. The average Bonchev–Trinajstić information content (AvgIpc) is 3.28. The van der Waals surface area contributed by atoms with Gasteiger partial charge in [0.05, 0.1) is 34.4 Å². The van der Waals surface area contributed by atoms with Gasteiger partial charge >= 0.3 is 17.9 Å². The van der Waals surface area contributed by atoms with Crippen molar-refractivity contribution in [2.75, 3.05) is 41.0 Å². The zero-order valence-electron chi connectivity index (χ0n) is 42.6. The third-order valence-electron chi connectivity index (χ3n) is 10.9. The molecule has 0 aliphatic rings. The van der Waals surface area contributed by atoms with Crippen molar-refractivity contribution in [3.05, 3.63) is 109 Å². The summed E-state index contributed by atoms with van der Waals surface area (Å²) in [6, 6.07) is -0.628. The number of ether oxygens (including phenoxy) is 3. The second kappa shape index (κ2) is 47.5. The van der Waals surface area contributed by atoms with Crippen LogP contribution in [0.1, 0.15) is 187 Å². The molecule has 0 aliphatic heterocycles. The molecule has 0 radical (unpaired) electrons. The Morgan fingerprint density at radius 2 is 0.803 bits per heavy atom. The second-order valence-electron chi connectivity index (χ2n) is 18.0. The van der Waals surface area contributed by atoms with E-state index in [1.54, 1.807) is 0 Å². The van der Waals surface area contributed by atoms with E-state index in [9.17, 15) is 19.5 Å². The lowest BCUT2D eigenvalue weighted by Gasteiger charge is -2.31. The molecule has 0 amide bonds. The zero-order chi connectivity index (χ0) is 48.4. The first kappa shape index (κ1) is 62.0. The molecule has 374 valence electrons. The van der Waals surface area contributed by atoms with Gasteiger partial charge in [0.15, 0.2) is 12.1 Å². The molecule has 0 bridgehead atoms. The lowest BCUT2D eigenvalue weighted by molar-refractivity contribution is -0.887. The highest BCUT2D eigenvalue weighted by atomic mass is 16.6. The van der Waals surface area contributed by atoms with Crippen LogP contribution in [0.25, 0.3) is 0 Å². The van der Waals surface area contributed by atoms with Crippen molar-refractivity contribution < 1.29 is 38.2 Å². The van der Waals surface area contributed by atoms with Crippen molar-refractivity contribution >= 4 is 17.9 Å². The maximum atomic E-state index is 12.8. The van der Waals surface area contributed by atoms with Crippen LogP contribution in [0.3, 0.4) is 0 Å². The van der Waals surface area contributed by atoms with Crippen LogP contribution in [0.2, 0.25) is 0 Å². The molecule has 0 aromatic rings. The van der Waals surface area contributed by atoms with E-state index in [2.05, 4.69) is 123 Å². The van der Waals surface area contributed by atoms with Gasteiger partial charge in [-0.25, -0.2) is 4.79 Å². The predicted octanol–water partition coefficient (Wildman–Crippen LogP) is 15.2. The lowest BCUT2D eigenvalue weighted by atomic mass is 10.1. The van der Waals surface area contributed by atoms with Gasteiger partial charge in [0, 0.05) is 19.3 Å². The highest BCUT2D eigenvalue weighted by molar-refractivity contribution is 5.72.